The highest BCUT2D eigenvalue weighted by Gasteiger charge is 2.19. The molecule has 0 aliphatic carbocycles. The number of hydrogen-bond acceptors (Lipinski definition) is 3. The number of hydrogen-bond donors (Lipinski definition) is 4. The minimum absolute atomic E-state index is 0.364. The van der Waals surface area contributed by atoms with Gasteiger partial charge < -0.3 is 21.1 Å². The van der Waals surface area contributed by atoms with Gasteiger partial charge in [-0.25, -0.2) is 9.59 Å². The van der Waals surface area contributed by atoms with Crippen molar-refractivity contribution in [2.75, 3.05) is 20.1 Å². The van der Waals surface area contributed by atoms with E-state index in [1.165, 1.54) is 0 Å². The predicted molar refractivity (Wildman–Crippen MR) is 81.3 cm³/mol. The number of carbonyl (C=O) groups is 2. The first-order chi connectivity index (χ1) is 10.1. The Morgan fingerprint density at radius 1 is 1.19 bits per heavy atom. The van der Waals surface area contributed by atoms with E-state index in [1.807, 2.05) is 37.4 Å². The number of aliphatic carboxylic acids is 1. The van der Waals surface area contributed by atoms with Crippen molar-refractivity contribution in [3.05, 3.63) is 35.9 Å². The lowest BCUT2D eigenvalue weighted by atomic mass is 10.1. The van der Waals surface area contributed by atoms with Gasteiger partial charge in [-0.2, -0.15) is 0 Å². The minimum Gasteiger partial charge on any atom is -0.480 e. The molecule has 0 aromatic heterocycles. The topological polar surface area (TPSA) is 90.5 Å². The molecule has 0 spiro atoms. The van der Waals surface area contributed by atoms with Crippen molar-refractivity contribution in [2.45, 2.75) is 25.3 Å². The molecule has 0 heterocycles. The monoisotopic (exact) mass is 293 g/mol. The Hall–Kier alpha value is -2.08. The van der Waals surface area contributed by atoms with E-state index in [0.29, 0.717) is 19.4 Å². The van der Waals surface area contributed by atoms with Crippen molar-refractivity contribution in [1.29, 1.82) is 0 Å². The van der Waals surface area contributed by atoms with Crippen molar-refractivity contribution >= 4 is 12.0 Å². The number of carbonyl (C=O) groups excluding carboxylic acids is 1. The zero-order chi connectivity index (χ0) is 15.5. The predicted octanol–water partition coefficient (Wildman–Crippen LogP) is 0.981. The molecule has 0 unspecified atom stereocenters. The van der Waals surface area contributed by atoms with Gasteiger partial charge >= 0.3 is 12.0 Å². The lowest BCUT2D eigenvalue weighted by molar-refractivity contribution is -0.139. The normalized spacial score (nSPS) is 11.7. The first-order valence-electron chi connectivity index (χ1n) is 7.09. The Balaban J connectivity index is 2.35. The standard InChI is InChI=1S/C15H23N3O3/c1-16-10-5-11-17-15(21)18-13(14(19)20)9-8-12-6-3-2-4-7-12/h2-4,6-7,13,16H,5,8-11H2,1H3,(H,19,20)(H2,17,18,21)/t13-/m0/s1. The van der Waals surface area contributed by atoms with Gasteiger partial charge in [-0.1, -0.05) is 30.3 Å². The molecule has 0 aliphatic rings. The summed E-state index contributed by atoms with van der Waals surface area (Å²) < 4.78 is 0. The molecule has 1 atom stereocenters. The van der Waals surface area contributed by atoms with E-state index in [1.54, 1.807) is 0 Å². The number of carboxylic acids is 1. The Morgan fingerprint density at radius 3 is 2.52 bits per heavy atom. The summed E-state index contributed by atoms with van der Waals surface area (Å²) in [6, 6.07) is 8.30. The minimum atomic E-state index is -1.02. The zero-order valence-corrected chi connectivity index (χ0v) is 12.3. The summed E-state index contributed by atoms with van der Waals surface area (Å²) in [5, 5.41) is 17.3. The maximum atomic E-state index is 11.6. The van der Waals surface area contributed by atoms with Gasteiger partial charge in [0.15, 0.2) is 0 Å². The van der Waals surface area contributed by atoms with E-state index < -0.39 is 18.0 Å². The number of benzene rings is 1. The molecule has 1 rings (SSSR count). The molecule has 1 aromatic carbocycles. The molecule has 6 heteroatoms. The molecular formula is C15H23N3O3. The zero-order valence-electron chi connectivity index (χ0n) is 12.3. The summed E-state index contributed by atoms with van der Waals surface area (Å²) in [6.07, 6.45) is 1.77. The van der Waals surface area contributed by atoms with Gasteiger partial charge in [0.2, 0.25) is 0 Å². The van der Waals surface area contributed by atoms with Crippen LogP contribution in [0.4, 0.5) is 4.79 Å². The molecule has 2 amide bonds. The van der Waals surface area contributed by atoms with Gasteiger partial charge in [0.25, 0.3) is 0 Å². The van der Waals surface area contributed by atoms with Crippen LogP contribution in [0.3, 0.4) is 0 Å². The fourth-order valence-electron chi connectivity index (χ4n) is 1.89. The van der Waals surface area contributed by atoms with Crippen LogP contribution in [-0.2, 0) is 11.2 Å². The number of urea groups is 1. The summed E-state index contributed by atoms with van der Waals surface area (Å²) in [4.78, 5) is 22.8. The molecule has 0 aliphatic heterocycles. The van der Waals surface area contributed by atoms with E-state index in [0.717, 1.165) is 18.5 Å². The van der Waals surface area contributed by atoms with Gasteiger partial charge in [-0.05, 0) is 38.4 Å². The molecule has 116 valence electrons. The van der Waals surface area contributed by atoms with Crippen molar-refractivity contribution in [1.82, 2.24) is 16.0 Å². The van der Waals surface area contributed by atoms with Crippen LogP contribution in [0.2, 0.25) is 0 Å². The molecule has 0 saturated heterocycles. The lowest BCUT2D eigenvalue weighted by Gasteiger charge is -2.15. The van der Waals surface area contributed by atoms with Crippen molar-refractivity contribution in [3.63, 3.8) is 0 Å². The van der Waals surface area contributed by atoms with Gasteiger partial charge in [0.1, 0.15) is 6.04 Å². The Kier molecular flexibility index (Phi) is 7.89. The van der Waals surface area contributed by atoms with Crippen LogP contribution in [0, 0.1) is 0 Å². The lowest BCUT2D eigenvalue weighted by Crippen LogP contribution is -2.46. The van der Waals surface area contributed by atoms with Crippen LogP contribution in [0.25, 0.3) is 0 Å². The second-order valence-corrected chi connectivity index (χ2v) is 4.77. The van der Waals surface area contributed by atoms with E-state index in [2.05, 4.69) is 16.0 Å². The smallest absolute Gasteiger partial charge is 0.326 e. The van der Waals surface area contributed by atoms with Crippen LogP contribution in [0.15, 0.2) is 30.3 Å². The maximum Gasteiger partial charge on any atom is 0.326 e. The van der Waals surface area contributed by atoms with Gasteiger partial charge in [-0.15, -0.1) is 0 Å². The average Bonchev–Trinajstić information content (AvgIpc) is 2.48. The molecule has 4 N–H and O–H groups in total. The highest BCUT2D eigenvalue weighted by molar-refractivity contribution is 5.82. The first kappa shape index (κ1) is 17.0. The van der Waals surface area contributed by atoms with Crippen LogP contribution in [-0.4, -0.2) is 43.3 Å². The SMILES string of the molecule is CNCCCNC(=O)N[C@@H](CCc1ccccc1)C(=O)O. The highest BCUT2D eigenvalue weighted by atomic mass is 16.4. The summed E-state index contributed by atoms with van der Waals surface area (Å²) in [6.45, 7) is 1.31. The summed E-state index contributed by atoms with van der Waals surface area (Å²) in [5.74, 6) is -1.02. The molecular weight excluding hydrogens is 270 g/mol. The van der Waals surface area contributed by atoms with Crippen LogP contribution in [0.5, 0.6) is 0 Å². The third kappa shape index (κ3) is 7.31. The first-order valence-corrected chi connectivity index (χ1v) is 7.09. The third-order valence-electron chi connectivity index (χ3n) is 3.06. The van der Waals surface area contributed by atoms with E-state index >= 15 is 0 Å². The van der Waals surface area contributed by atoms with Crippen LogP contribution >= 0.6 is 0 Å². The number of rotatable bonds is 9. The molecule has 0 saturated carbocycles. The Labute approximate surface area is 124 Å². The Bertz CT molecular complexity index is 437. The second kappa shape index (κ2) is 9.77. The highest BCUT2D eigenvalue weighted by Crippen LogP contribution is 2.05. The maximum absolute atomic E-state index is 11.6. The van der Waals surface area contributed by atoms with Gasteiger partial charge in [0, 0.05) is 6.54 Å². The number of carboxylic acid groups (broad SMARTS) is 1. The third-order valence-corrected chi connectivity index (χ3v) is 3.06. The van der Waals surface area contributed by atoms with Crippen LogP contribution in [0.1, 0.15) is 18.4 Å². The molecule has 0 bridgehead atoms. The van der Waals surface area contributed by atoms with Crippen molar-refractivity contribution in [3.8, 4) is 0 Å². The molecule has 0 fully saturated rings. The summed E-state index contributed by atoms with van der Waals surface area (Å²) in [7, 11) is 1.84. The number of aryl methyl sites for hydroxylation is 1. The number of amides is 2. The molecule has 0 radical (unpaired) electrons. The van der Waals surface area contributed by atoms with Crippen molar-refractivity contribution < 1.29 is 14.7 Å². The largest absolute Gasteiger partial charge is 0.480 e. The van der Waals surface area contributed by atoms with E-state index in [4.69, 9.17) is 5.11 Å². The quantitative estimate of drug-likeness (QED) is 0.511. The van der Waals surface area contributed by atoms with Crippen molar-refractivity contribution in [2.24, 2.45) is 0 Å². The fourth-order valence-corrected chi connectivity index (χ4v) is 1.89. The van der Waals surface area contributed by atoms with E-state index in [9.17, 15) is 9.59 Å². The molecule has 21 heavy (non-hydrogen) atoms. The number of nitrogens with one attached hydrogen (secondary N) is 3. The molecule has 1 aromatic rings. The second-order valence-electron chi connectivity index (χ2n) is 4.77. The van der Waals surface area contributed by atoms with Gasteiger partial charge in [-0.3, -0.25) is 0 Å². The van der Waals surface area contributed by atoms with Gasteiger partial charge in [0.05, 0.1) is 0 Å². The molecule has 6 nitrogen and oxygen atoms in total. The van der Waals surface area contributed by atoms with Crippen LogP contribution < -0.4 is 16.0 Å². The summed E-state index contributed by atoms with van der Waals surface area (Å²) >= 11 is 0. The Morgan fingerprint density at radius 2 is 1.90 bits per heavy atom. The van der Waals surface area contributed by atoms with E-state index in [-0.39, 0.29) is 0 Å². The average molecular weight is 293 g/mol. The fraction of sp³-hybridized carbons (Fsp3) is 0.467. The summed E-state index contributed by atoms with van der Waals surface area (Å²) in [5.41, 5.74) is 1.06.